The average molecular weight is 528 g/mol. The first kappa shape index (κ1) is 27.3. The maximum atomic E-state index is 13.2. The third kappa shape index (κ3) is 5.56. The molecule has 0 spiro atoms. The van der Waals surface area contributed by atoms with Gasteiger partial charge in [-0.2, -0.15) is 0 Å². The second-order valence-electron chi connectivity index (χ2n) is 11.1. The lowest BCUT2D eigenvalue weighted by molar-refractivity contribution is -0.274. The molecule has 4 aromatic rings. The Kier molecular flexibility index (Phi) is 6.84. The largest absolute Gasteiger partial charge is 0.573 e. The van der Waals surface area contributed by atoms with Gasteiger partial charge in [-0.1, -0.05) is 23.4 Å². The van der Waals surface area contributed by atoms with Gasteiger partial charge in [0.1, 0.15) is 11.5 Å². The summed E-state index contributed by atoms with van der Waals surface area (Å²) >= 11 is 0. The number of aromatic nitrogens is 2. The van der Waals surface area contributed by atoms with E-state index in [2.05, 4.69) is 15.2 Å². The molecule has 4 rings (SSSR count). The van der Waals surface area contributed by atoms with Gasteiger partial charge in [-0.25, -0.2) is 0 Å². The summed E-state index contributed by atoms with van der Waals surface area (Å²) in [4.78, 5) is 13.1. The Balaban J connectivity index is 1.90. The van der Waals surface area contributed by atoms with E-state index < -0.39 is 17.3 Å². The summed E-state index contributed by atoms with van der Waals surface area (Å²) in [6.07, 6.45) is -4.84. The van der Waals surface area contributed by atoms with Gasteiger partial charge in [0, 0.05) is 27.6 Å². The zero-order valence-electron chi connectivity index (χ0n) is 22.6. The summed E-state index contributed by atoms with van der Waals surface area (Å²) < 4.78 is 51.4. The number of nitrogens with one attached hydrogen (secondary N) is 1. The number of para-hydroxylation sites is 1. The maximum Gasteiger partial charge on any atom is 0.573 e. The van der Waals surface area contributed by atoms with Crippen LogP contribution in [0.5, 0.6) is 5.75 Å². The van der Waals surface area contributed by atoms with Crippen molar-refractivity contribution in [2.24, 2.45) is 0 Å². The van der Waals surface area contributed by atoms with Gasteiger partial charge in [0.2, 0.25) is 5.91 Å². The first-order chi connectivity index (χ1) is 17.6. The van der Waals surface area contributed by atoms with Crippen LogP contribution in [-0.2, 0) is 16.8 Å². The number of halogens is 3. The number of ether oxygens (including phenoxy) is 1. The predicted octanol–water partition coefficient (Wildman–Crippen LogP) is 7.05. The van der Waals surface area contributed by atoms with E-state index in [1.165, 1.54) is 12.1 Å². The molecule has 38 heavy (non-hydrogen) atoms. The lowest BCUT2D eigenvalue weighted by Crippen LogP contribution is -2.48. The maximum absolute atomic E-state index is 13.2. The van der Waals surface area contributed by atoms with Gasteiger partial charge < -0.3 is 19.1 Å². The Bertz CT molecular complexity index is 1470. The smallest absolute Gasteiger partial charge is 0.405 e. The first-order valence-electron chi connectivity index (χ1n) is 12.3. The average Bonchev–Trinajstić information content (AvgIpc) is 3.31. The highest BCUT2D eigenvalue weighted by Crippen LogP contribution is 2.39. The fourth-order valence-corrected chi connectivity index (χ4v) is 4.46. The minimum Gasteiger partial charge on any atom is -0.405 e. The number of hydrogen-bond acceptors (Lipinski definition) is 4. The van der Waals surface area contributed by atoms with Gasteiger partial charge in [0.15, 0.2) is 0 Å². The topological polar surface area (TPSA) is 69.3 Å². The number of hydrogen-bond donors (Lipinski definition) is 1. The highest BCUT2D eigenvalue weighted by Gasteiger charge is 2.34. The van der Waals surface area contributed by atoms with Crippen molar-refractivity contribution >= 4 is 16.8 Å². The van der Waals surface area contributed by atoms with E-state index in [1.807, 2.05) is 70.4 Å². The van der Waals surface area contributed by atoms with Crippen LogP contribution >= 0.6 is 0 Å². The van der Waals surface area contributed by atoms with E-state index in [0.29, 0.717) is 29.3 Å². The number of carbonyl (C=O) groups is 1. The van der Waals surface area contributed by atoms with Crippen molar-refractivity contribution in [2.45, 2.75) is 72.3 Å². The van der Waals surface area contributed by atoms with E-state index in [4.69, 9.17) is 4.52 Å². The van der Waals surface area contributed by atoms with Crippen molar-refractivity contribution in [3.8, 4) is 17.0 Å². The van der Waals surface area contributed by atoms with Crippen LogP contribution in [0.4, 0.5) is 13.2 Å². The second-order valence-corrected chi connectivity index (χ2v) is 11.1. The third-order valence-corrected chi connectivity index (χ3v) is 6.57. The number of amides is 1. The molecule has 2 aromatic carbocycles. The minimum atomic E-state index is -4.84. The normalized spacial score (nSPS) is 12.7. The van der Waals surface area contributed by atoms with Gasteiger partial charge in [-0.05, 0) is 84.4 Å². The van der Waals surface area contributed by atoms with E-state index in [9.17, 15) is 18.0 Å². The fourth-order valence-electron chi connectivity index (χ4n) is 4.46. The lowest BCUT2D eigenvalue weighted by atomic mass is 9.82. The summed E-state index contributed by atoms with van der Waals surface area (Å²) in [5.41, 5.74) is 2.70. The van der Waals surface area contributed by atoms with Crippen LogP contribution in [0.25, 0.3) is 22.2 Å². The van der Waals surface area contributed by atoms with Crippen molar-refractivity contribution in [2.75, 3.05) is 0 Å². The van der Waals surface area contributed by atoms with E-state index in [1.54, 1.807) is 19.1 Å². The summed E-state index contributed by atoms with van der Waals surface area (Å²) in [5.74, 6) is 0.211. The molecule has 0 atom stereocenters. The fraction of sp³-hybridized carbons (Fsp3) is 0.379. The SMILES string of the molecule is Cc1noc(C)c1Cn1c(-c2ccccc2OC(F)(F)F)cc2cc(C(C)(C)C(=O)NC(C)(C)C)ccc21. The molecule has 0 aliphatic carbocycles. The summed E-state index contributed by atoms with van der Waals surface area (Å²) in [5, 5.41) is 7.85. The van der Waals surface area contributed by atoms with Gasteiger partial charge >= 0.3 is 6.36 Å². The summed E-state index contributed by atoms with van der Waals surface area (Å²) in [6, 6.07) is 13.6. The molecule has 202 valence electrons. The summed E-state index contributed by atoms with van der Waals surface area (Å²) in [6.45, 7) is 13.4. The quantitative estimate of drug-likeness (QED) is 0.292. The molecular weight excluding hydrogens is 495 g/mol. The molecule has 0 fully saturated rings. The second kappa shape index (κ2) is 9.53. The number of aryl methyl sites for hydroxylation is 2. The summed E-state index contributed by atoms with van der Waals surface area (Å²) in [7, 11) is 0. The van der Waals surface area contributed by atoms with Crippen molar-refractivity contribution < 1.29 is 27.2 Å². The lowest BCUT2D eigenvalue weighted by Gasteiger charge is -2.30. The molecule has 2 heterocycles. The highest BCUT2D eigenvalue weighted by atomic mass is 19.4. The Morgan fingerprint density at radius 1 is 1.03 bits per heavy atom. The van der Waals surface area contributed by atoms with Crippen LogP contribution in [0.3, 0.4) is 0 Å². The van der Waals surface area contributed by atoms with Crippen molar-refractivity contribution in [3.05, 3.63) is 71.1 Å². The van der Waals surface area contributed by atoms with Crippen LogP contribution in [0.2, 0.25) is 0 Å². The zero-order chi connectivity index (χ0) is 28.0. The van der Waals surface area contributed by atoms with Crippen LogP contribution in [-0.4, -0.2) is 27.5 Å². The number of alkyl halides is 3. The van der Waals surface area contributed by atoms with Gasteiger partial charge in [0.25, 0.3) is 0 Å². The standard InChI is InChI=1S/C29H32F3N3O3/c1-17-22(18(2)38-34-17)16-35-23-13-12-20(28(6,7)26(36)33-27(3,4)5)14-19(23)15-24(35)21-10-8-9-11-25(21)37-29(30,31)32/h8-15H,16H2,1-7H3,(H,33,36). The highest BCUT2D eigenvalue weighted by molar-refractivity contribution is 5.92. The molecule has 6 nitrogen and oxygen atoms in total. The van der Waals surface area contributed by atoms with Crippen molar-refractivity contribution in [1.29, 1.82) is 0 Å². The molecule has 0 aliphatic heterocycles. The van der Waals surface area contributed by atoms with Crippen LogP contribution < -0.4 is 10.1 Å². The van der Waals surface area contributed by atoms with E-state index in [0.717, 1.165) is 22.0 Å². The molecule has 1 N–H and O–H groups in total. The number of rotatable bonds is 6. The van der Waals surface area contributed by atoms with Crippen LogP contribution in [0, 0.1) is 13.8 Å². The molecule has 0 bridgehead atoms. The zero-order valence-corrected chi connectivity index (χ0v) is 22.6. The Hall–Kier alpha value is -3.75. The Morgan fingerprint density at radius 2 is 1.71 bits per heavy atom. The monoisotopic (exact) mass is 527 g/mol. The first-order valence-corrected chi connectivity index (χ1v) is 12.3. The molecule has 0 aliphatic rings. The number of nitrogens with zero attached hydrogens (tertiary/aromatic N) is 2. The Morgan fingerprint density at radius 3 is 2.32 bits per heavy atom. The molecule has 0 radical (unpaired) electrons. The third-order valence-electron chi connectivity index (χ3n) is 6.57. The Labute approximate surface area is 219 Å². The number of benzene rings is 2. The number of fused-ring (bicyclic) bond motifs is 1. The molecule has 1 amide bonds. The molecular formula is C29H32F3N3O3. The molecule has 0 saturated carbocycles. The number of carbonyl (C=O) groups excluding carboxylic acids is 1. The van der Waals surface area contributed by atoms with Crippen LogP contribution in [0.1, 0.15) is 57.2 Å². The molecule has 0 unspecified atom stereocenters. The van der Waals surface area contributed by atoms with Gasteiger partial charge in [-0.15, -0.1) is 13.2 Å². The van der Waals surface area contributed by atoms with E-state index in [-0.39, 0.29) is 11.7 Å². The van der Waals surface area contributed by atoms with Crippen molar-refractivity contribution in [3.63, 3.8) is 0 Å². The van der Waals surface area contributed by atoms with Gasteiger partial charge in [0.05, 0.1) is 23.3 Å². The van der Waals surface area contributed by atoms with E-state index >= 15 is 0 Å². The molecule has 0 saturated heterocycles. The molecule has 9 heteroatoms. The predicted molar refractivity (Wildman–Crippen MR) is 140 cm³/mol. The van der Waals surface area contributed by atoms with Gasteiger partial charge in [-0.3, -0.25) is 4.79 Å². The minimum absolute atomic E-state index is 0.122. The van der Waals surface area contributed by atoms with Crippen molar-refractivity contribution in [1.82, 2.24) is 15.0 Å². The van der Waals surface area contributed by atoms with Crippen LogP contribution in [0.15, 0.2) is 53.1 Å². The molecule has 2 aromatic heterocycles.